The van der Waals surface area contributed by atoms with Crippen LogP contribution in [0.3, 0.4) is 0 Å². The van der Waals surface area contributed by atoms with Crippen LogP contribution in [-0.2, 0) is 10.5 Å². The van der Waals surface area contributed by atoms with Crippen molar-refractivity contribution in [3.8, 4) is 6.07 Å². The standard InChI is InChI=1S/C12H14N2OS/c1-2-11(12(14)15)16-8-10-5-3-4-9(6-10)7-13/h3-6,11H,2,8H2,1H3,(H2,14,15). The van der Waals surface area contributed by atoms with E-state index in [9.17, 15) is 4.79 Å². The largest absolute Gasteiger partial charge is 0.369 e. The van der Waals surface area contributed by atoms with Gasteiger partial charge in [-0.2, -0.15) is 5.26 Å². The lowest BCUT2D eigenvalue weighted by Crippen LogP contribution is -2.25. The van der Waals surface area contributed by atoms with Crippen LogP contribution in [0.25, 0.3) is 0 Å². The van der Waals surface area contributed by atoms with Gasteiger partial charge in [-0.05, 0) is 24.1 Å². The Kier molecular flexibility index (Phi) is 4.87. The van der Waals surface area contributed by atoms with Gasteiger partial charge in [0.1, 0.15) is 0 Å². The lowest BCUT2D eigenvalue weighted by atomic mass is 10.2. The predicted octanol–water partition coefficient (Wildman–Crippen LogP) is 2.06. The van der Waals surface area contributed by atoms with E-state index in [0.29, 0.717) is 11.3 Å². The zero-order chi connectivity index (χ0) is 12.0. The molecule has 16 heavy (non-hydrogen) atoms. The van der Waals surface area contributed by atoms with Crippen molar-refractivity contribution >= 4 is 17.7 Å². The van der Waals surface area contributed by atoms with Gasteiger partial charge >= 0.3 is 0 Å². The van der Waals surface area contributed by atoms with E-state index in [0.717, 1.165) is 12.0 Å². The summed E-state index contributed by atoms with van der Waals surface area (Å²) < 4.78 is 0. The fourth-order valence-corrected chi connectivity index (χ4v) is 2.30. The van der Waals surface area contributed by atoms with E-state index < -0.39 is 0 Å². The summed E-state index contributed by atoms with van der Waals surface area (Å²) in [4.78, 5) is 11.0. The molecule has 3 nitrogen and oxygen atoms in total. The molecular weight excluding hydrogens is 220 g/mol. The minimum atomic E-state index is -0.274. The minimum Gasteiger partial charge on any atom is -0.369 e. The molecule has 84 valence electrons. The second kappa shape index (κ2) is 6.19. The number of amides is 1. The minimum absolute atomic E-state index is 0.147. The first-order valence-corrected chi connectivity index (χ1v) is 6.12. The number of hydrogen-bond donors (Lipinski definition) is 1. The molecule has 1 amide bonds. The second-order valence-corrected chi connectivity index (χ2v) is 4.61. The van der Waals surface area contributed by atoms with Crippen molar-refractivity contribution < 1.29 is 4.79 Å². The summed E-state index contributed by atoms with van der Waals surface area (Å²) in [5, 5.41) is 8.60. The fraction of sp³-hybridized carbons (Fsp3) is 0.333. The number of nitrogens with zero attached hydrogens (tertiary/aromatic N) is 1. The lowest BCUT2D eigenvalue weighted by Gasteiger charge is -2.10. The maximum Gasteiger partial charge on any atom is 0.230 e. The molecule has 0 heterocycles. The Morgan fingerprint density at radius 1 is 1.62 bits per heavy atom. The first kappa shape index (κ1) is 12.6. The number of nitriles is 1. The van der Waals surface area contributed by atoms with Crippen LogP contribution in [0.4, 0.5) is 0 Å². The Morgan fingerprint density at radius 2 is 2.38 bits per heavy atom. The van der Waals surface area contributed by atoms with Gasteiger partial charge in [-0.3, -0.25) is 4.79 Å². The van der Waals surface area contributed by atoms with Crippen molar-refractivity contribution in [2.75, 3.05) is 0 Å². The highest BCUT2D eigenvalue weighted by molar-refractivity contribution is 7.99. The number of thioether (sulfide) groups is 1. The van der Waals surface area contributed by atoms with E-state index in [1.165, 1.54) is 11.8 Å². The third kappa shape index (κ3) is 3.59. The molecule has 0 radical (unpaired) electrons. The van der Waals surface area contributed by atoms with E-state index in [2.05, 4.69) is 6.07 Å². The topological polar surface area (TPSA) is 66.9 Å². The van der Waals surface area contributed by atoms with Gasteiger partial charge in [-0.15, -0.1) is 11.8 Å². The summed E-state index contributed by atoms with van der Waals surface area (Å²) in [6, 6.07) is 9.48. The van der Waals surface area contributed by atoms with Crippen LogP contribution in [0.15, 0.2) is 24.3 Å². The molecule has 1 aromatic carbocycles. The first-order chi connectivity index (χ1) is 7.67. The molecule has 0 spiro atoms. The van der Waals surface area contributed by atoms with Crippen molar-refractivity contribution in [2.24, 2.45) is 5.73 Å². The summed E-state index contributed by atoms with van der Waals surface area (Å²) in [6.07, 6.45) is 0.734. The van der Waals surface area contributed by atoms with Crippen molar-refractivity contribution in [1.29, 1.82) is 5.26 Å². The highest BCUT2D eigenvalue weighted by Gasteiger charge is 2.12. The highest BCUT2D eigenvalue weighted by atomic mass is 32.2. The van der Waals surface area contributed by atoms with Crippen LogP contribution in [0.2, 0.25) is 0 Å². The molecule has 1 rings (SSSR count). The number of hydrogen-bond acceptors (Lipinski definition) is 3. The van der Waals surface area contributed by atoms with Crippen LogP contribution >= 0.6 is 11.8 Å². The molecule has 0 aliphatic rings. The lowest BCUT2D eigenvalue weighted by molar-refractivity contribution is -0.117. The molecule has 0 bridgehead atoms. The van der Waals surface area contributed by atoms with Gasteiger partial charge in [0, 0.05) is 5.75 Å². The van der Waals surface area contributed by atoms with Gasteiger partial charge in [0.2, 0.25) is 5.91 Å². The van der Waals surface area contributed by atoms with Gasteiger partial charge in [0.25, 0.3) is 0 Å². The smallest absolute Gasteiger partial charge is 0.230 e. The molecule has 2 N–H and O–H groups in total. The number of carbonyl (C=O) groups is 1. The maximum absolute atomic E-state index is 11.0. The summed E-state index contributed by atoms with van der Waals surface area (Å²) in [5.41, 5.74) is 6.94. The van der Waals surface area contributed by atoms with Gasteiger partial charge in [-0.25, -0.2) is 0 Å². The predicted molar refractivity (Wildman–Crippen MR) is 65.7 cm³/mol. The molecular formula is C12H14N2OS. The van der Waals surface area contributed by atoms with Crippen molar-refractivity contribution in [1.82, 2.24) is 0 Å². The van der Waals surface area contributed by atoms with E-state index in [1.807, 2.05) is 25.1 Å². The molecule has 0 saturated carbocycles. The van der Waals surface area contributed by atoms with Crippen molar-refractivity contribution in [2.45, 2.75) is 24.3 Å². The van der Waals surface area contributed by atoms with Gasteiger partial charge in [-0.1, -0.05) is 19.1 Å². The third-order valence-corrected chi connectivity index (χ3v) is 3.66. The average Bonchev–Trinajstić information content (AvgIpc) is 2.29. The maximum atomic E-state index is 11.0. The van der Waals surface area contributed by atoms with Crippen LogP contribution in [0, 0.1) is 11.3 Å². The Labute approximate surface area is 99.6 Å². The molecule has 0 saturated heterocycles. The molecule has 0 aliphatic carbocycles. The van der Waals surface area contributed by atoms with Crippen LogP contribution in [0.5, 0.6) is 0 Å². The SMILES string of the molecule is CCC(SCc1cccc(C#N)c1)C(N)=O. The first-order valence-electron chi connectivity index (χ1n) is 5.07. The molecule has 1 aromatic rings. The zero-order valence-electron chi connectivity index (χ0n) is 9.14. The average molecular weight is 234 g/mol. The van der Waals surface area contributed by atoms with Crippen LogP contribution < -0.4 is 5.73 Å². The van der Waals surface area contributed by atoms with E-state index in [-0.39, 0.29) is 11.2 Å². The number of primary amides is 1. The molecule has 1 unspecified atom stereocenters. The number of rotatable bonds is 5. The van der Waals surface area contributed by atoms with Gasteiger partial charge in [0.15, 0.2) is 0 Å². The highest BCUT2D eigenvalue weighted by Crippen LogP contribution is 2.20. The Balaban J connectivity index is 2.60. The Morgan fingerprint density at radius 3 is 2.94 bits per heavy atom. The molecule has 0 aliphatic heterocycles. The van der Waals surface area contributed by atoms with E-state index in [1.54, 1.807) is 6.07 Å². The van der Waals surface area contributed by atoms with E-state index in [4.69, 9.17) is 11.0 Å². The Hall–Kier alpha value is -1.47. The zero-order valence-corrected chi connectivity index (χ0v) is 9.96. The number of carbonyl (C=O) groups excluding carboxylic acids is 1. The normalized spacial score (nSPS) is 11.8. The third-order valence-electron chi connectivity index (χ3n) is 2.20. The summed E-state index contributed by atoms with van der Waals surface area (Å²) in [7, 11) is 0. The summed E-state index contributed by atoms with van der Waals surface area (Å²) >= 11 is 1.52. The van der Waals surface area contributed by atoms with Gasteiger partial charge in [0.05, 0.1) is 16.9 Å². The van der Waals surface area contributed by atoms with E-state index >= 15 is 0 Å². The summed E-state index contributed by atoms with van der Waals surface area (Å²) in [6.45, 7) is 1.94. The quantitative estimate of drug-likeness (QED) is 0.848. The second-order valence-electron chi connectivity index (χ2n) is 3.42. The molecule has 0 fully saturated rings. The Bertz CT molecular complexity index is 412. The number of nitrogens with two attached hydrogens (primary N) is 1. The fourth-order valence-electron chi connectivity index (χ4n) is 1.33. The molecule has 4 heteroatoms. The monoisotopic (exact) mass is 234 g/mol. The summed E-state index contributed by atoms with van der Waals surface area (Å²) in [5.74, 6) is 0.431. The molecule has 0 aromatic heterocycles. The van der Waals surface area contributed by atoms with Gasteiger partial charge < -0.3 is 5.73 Å². The van der Waals surface area contributed by atoms with Crippen molar-refractivity contribution in [3.63, 3.8) is 0 Å². The number of benzene rings is 1. The van der Waals surface area contributed by atoms with Crippen LogP contribution in [-0.4, -0.2) is 11.2 Å². The van der Waals surface area contributed by atoms with Crippen LogP contribution in [0.1, 0.15) is 24.5 Å². The van der Waals surface area contributed by atoms with Crippen molar-refractivity contribution in [3.05, 3.63) is 35.4 Å². The molecule has 1 atom stereocenters.